The number of nitrogens with one attached hydrogen (secondary N) is 2. The molecule has 0 saturated carbocycles. The number of amides is 2. The number of alkyl carbamates (subject to hydrolysis) is 1. The summed E-state index contributed by atoms with van der Waals surface area (Å²) >= 11 is 0. The summed E-state index contributed by atoms with van der Waals surface area (Å²) in [7, 11) is 1.50. The fourth-order valence-corrected chi connectivity index (χ4v) is 4.36. The van der Waals surface area contributed by atoms with Crippen LogP contribution in [0.4, 0.5) is 10.6 Å². The van der Waals surface area contributed by atoms with Gasteiger partial charge in [-0.15, -0.1) is 0 Å². The topological polar surface area (TPSA) is 123 Å². The third-order valence-corrected chi connectivity index (χ3v) is 6.22. The van der Waals surface area contributed by atoms with E-state index < -0.39 is 12.1 Å². The number of benzene rings is 2. The fraction of sp³-hybridized carbons (Fsp3) is 0.308. The van der Waals surface area contributed by atoms with Crippen LogP contribution in [0.3, 0.4) is 0 Å². The zero-order valence-electron chi connectivity index (χ0n) is 19.7. The molecule has 9 heteroatoms. The third-order valence-electron chi connectivity index (χ3n) is 6.22. The number of rotatable bonds is 9. The number of fused-ring (bicyclic) bond motifs is 3. The molecule has 0 radical (unpaired) electrons. The van der Waals surface area contributed by atoms with Gasteiger partial charge in [0.25, 0.3) is 0 Å². The minimum Gasteiger partial charge on any atom is -0.477 e. The zero-order valence-corrected chi connectivity index (χ0v) is 19.7. The molecule has 0 saturated heterocycles. The lowest BCUT2D eigenvalue weighted by Gasteiger charge is -2.15. The molecule has 0 spiro atoms. The molecule has 1 heterocycles. The lowest BCUT2D eigenvalue weighted by atomic mass is 9.98. The van der Waals surface area contributed by atoms with Crippen LogP contribution in [0.5, 0.6) is 0 Å². The smallest absolute Gasteiger partial charge is 0.407 e. The molecule has 0 aliphatic heterocycles. The van der Waals surface area contributed by atoms with Gasteiger partial charge in [0.2, 0.25) is 5.91 Å². The number of aromatic carboxylic acids is 1. The molecule has 0 bridgehead atoms. The van der Waals surface area contributed by atoms with Gasteiger partial charge in [0.15, 0.2) is 5.82 Å². The molecular formula is C26H28N4O5. The minimum absolute atomic E-state index is 0.00473. The van der Waals surface area contributed by atoms with Crippen molar-refractivity contribution < 1.29 is 24.2 Å². The van der Waals surface area contributed by atoms with E-state index in [4.69, 9.17) is 9.84 Å². The maximum absolute atomic E-state index is 12.4. The average molecular weight is 477 g/mol. The highest BCUT2D eigenvalue weighted by molar-refractivity contribution is 5.93. The van der Waals surface area contributed by atoms with Gasteiger partial charge in [0, 0.05) is 31.5 Å². The van der Waals surface area contributed by atoms with Gasteiger partial charge in [-0.05, 0) is 35.1 Å². The van der Waals surface area contributed by atoms with Crippen molar-refractivity contribution in [3.05, 3.63) is 71.4 Å². The van der Waals surface area contributed by atoms with Gasteiger partial charge in [-0.2, -0.15) is 5.10 Å². The fourth-order valence-electron chi connectivity index (χ4n) is 4.36. The minimum atomic E-state index is -1.12. The van der Waals surface area contributed by atoms with Crippen LogP contribution in [0.15, 0.2) is 54.6 Å². The van der Waals surface area contributed by atoms with Crippen molar-refractivity contribution in [3.63, 3.8) is 0 Å². The number of anilines is 1. The van der Waals surface area contributed by atoms with Crippen LogP contribution < -0.4 is 10.6 Å². The van der Waals surface area contributed by atoms with E-state index in [0.29, 0.717) is 19.4 Å². The third kappa shape index (κ3) is 5.34. The molecule has 2 aromatic carbocycles. The Bertz CT molecular complexity index is 1210. The highest BCUT2D eigenvalue weighted by Crippen LogP contribution is 2.44. The predicted octanol–water partition coefficient (Wildman–Crippen LogP) is 4.01. The number of carboxylic acid groups (broad SMARTS) is 1. The highest BCUT2D eigenvalue weighted by atomic mass is 16.5. The van der Waals surface area contributed by atoms with Crippen LogP contribution in [0, 0.1) is 5.92 Å². The summed E-state index contributed by atoms with van der Waals surface area (Å²) in [5.74, 6) is -1.52. The normalized spacial score (nSPS) is 13.0. The summed E-state index contributed by atoms with van der Waals surface area (Å²) in [6.45, 7) is 2.39. The number of carbonyl (C=O) groups is 3. The molecule has 4 rings (SSSR count). The van der Waals surface area contributed by atoms with Gasteiger partial charge in [-0.3, -0.25) is 9.48 Å². The zero-order chi connectivity index (χ0) is 24.9. The maximum atomic E-state index is 12.4. The Hall–Kier alpha value is -4.14. The molecule has 3 N–H and O–H groups in total. The standard InChI is InChI=1S/C26H28N4O5/c1-16(24(31)28-23-14-22(25(32)33)30(2)29-23)8-7-13-27-26(34)35-15-21-19-11-5-3-9-17(19)18-10-4-6-12-20(18)21/h3-6,9-12,14,16,21H,7-8,13,15H2,1-2H3,(H,27,34)(H,32,33)(H,28,29,31). The average Bonchev–Trinajstić information content (AvgIpc) is 3.37. The van der Waals surface area contributed by atoms with Crippen LogP contribution in [-0.2, 0) is 16.6 Å². The lowest BCUT2D eigenvalue weighted by Crippen LogP contribution is -2.28. The van der Waals surface area contributed by atoms with Crippen molar-refractivity contribution in [3.8, 4) is 11.1 Å². The van der Waals surface area contributed by atoms with Crippen molar-refractivity contribution in [2.75, 3.05) is 18.5 Å². The quantitative estimate of drug-likeness (QED) is 0.401. The van der Waals surface area contributed by atoms with Crippen molar-refractivity contribution in [2.45, 2.75) is 25.7 Å². The molecule has 2 amide bonds. The first-order valence-electron chi connectivity index (χ1n) is 11.5. The van der Waals surface area contributed by atoms with Crippen molar-refractivity contribution in [1.82, 2.24) is 15.1 Å². The Kier molecular flexibility index (Phi) is 7.14. The number of hydrogen-bond acceptors (Lipinski definition) is 5. The number of ether oxygens (including phenoxy) is 1. The van der Waals surface area contributed by atoms with Crippen LogP contribution in [0.2, 0.25) is 0 Å². The molecule has 3 aromatic rings. The van der Waals surface area contributed by atoms with Crippen LogP contribution in [-0.4, -0.2) is 46.0 Å². The molecule has 35 heavy (non-hydrogen) atoms. The van der Waals surface area contributed by atoms with E-state index in [2.05, 4.69) is 40.0 Å². The van der Waals surface area contributed by atoms with Crippen LogP contribution in [0.1, 0.15) is 47.3 Å². The van der Waals surface area contributed by atoms with Crippen molar-refractivity contribution >= 4 is 23.8 Å². The Balaban J connectivity index is 1.20. The summed E-state index contributed by atoms with van der Waals surface area (Å²) in [4.78, 5) is 35.7. The molecular weight excluding hydrogens is 448 g/mol. The first kappa shape index (κ1) is 24.0. The van der Waals surface area contributed by atoms with Gasteiger partial charge in [-0.1, -0.05) is 55.5 Å². The van der Waals surface area contributed by atoms with E-state index in [0.717, 1.165) is 11.1 Å². The Labute approximate surface area is 203 Å². The monoisotopic (exact) mass is 476 g/mol. The number of carboxylic acids is 1. The summed E-state index contributed by atoms with van der Waals surface area (Å²) < 4.78 is 6.71. The molecule has 0 fully saturated rings. The van der Waals surface area contributed by atoms with Gasteiger partial charge < -0.3 is 20.5 Å². The number of carbonyl (C=O) groups excluding carboxylic acids is 2. The van der Waals surface area contributed by atoms with E-state index in [1.807, 2.05) is 24.3 Å². The van der Waals surface area contributed by atoms with Crippen molar-refractivity contribution in [1.29, 1.82) is 0 Å². The second-order valence-electron chi connectivity index (χ2n) is 8.63. The van der Waals surface area contributed by atoms with E-state index in [1.165, 1.54) is 28.9 Å². The first-order chi connectivity index (χ1) is 16.8. The van der Waals surface area contributed by atoms with E-state index in [1.54, 1.807) is 6.92 Å². The molecule has 9 nitrogen and oxygen atoms in total. The summed E-state index contributed by atoms with van der Waals surface area (Å²) in [6.07, 6.45) is 0.633. The lowest BCUT2D eigenvalue weighted by molar-refractivity contribution is -0.119. The molecule has 1 atom stereocenters. The first-order valence-corrected chi connectivity index (χ1v) is 11.5. The van der Waals surface area contributed by atoms with Crippen molar-refractivity contribution in [2.24, 2.45) is 13.0 Å². The number of aromatic nitrogens is 2. The SMILES string of the molecule is CC(CCCNC(=O)OCC1c2ccccc2-c2ccccc21)C(=O)Nc1cc(C(=O)O)n(C)n1. The second-order valence-corrected chi connectivity index (χ2v) is 8.63. The number of nitrogens with zero attached hydrogens (tertiary/aromatic N) is 2. The second kappa shape index (κ2) is 10.4. The molecule has 182 valence electrons. The van der Waals surface area contributed by atoms with Gasteiger partial charge >= 0.3 is 12.1 Å². The Morgan fingerprint density at radius 2 is 1.71 bits per heavy atom. The number of aryl methyl sites for hydroxylation is 1. The largest absolute Gasteiger partial charge is 0.477 e. The molecule has 1 unspecified atom stereocenters. The molecule has 1 aliphatic rings. The Morgan fingerprint density at radius 3 is 2.31 bits per heavy atom. The van der Waals surface area contributed by atoms with Gasteiger partial charge in [0.05, 0.1) is 0 Å². The van der Waals surface area contributed by atoms with E-state index in [9.17, 15) is 14.4 Å². The number of hydrogen-bond donors (Lipinski definition) is 3. The van der Waals surface area contributed by atoms with E-state index in [-0.39, 0.29) is 35.9 Å². The summed E-state index contributed by atoms with van der Waals surface area (Å²) in [5, 5.41) is 18.4. The van der Waals surface area contributed by atoms with E-state index >= 15 is 0 Å². The maximum Gasteiger partial charge on any atom is 0.407 e. The highest BCUT2D eigenvalue weighted by Gasteiger charge is 2.29. The summed E-state index contributed by atoms with van der Waals surface area (Å²) in [5.41, 5.74) is 4.65. The predicted molar refractivity (Wildman–Crippen MR) is 130 cm³/mol. The van der Waals surface area contributed by atoms with Gasteiger partial charge in [-0.25, -0.2) is 9.59 Å². The van der Waals surface area contributed by atoms with Gasteiger partial charge in [0.1, 0.15) is 12.3 Å². The molecule has 1 aromatic heterocycles. The van der Waals surface area contributed by atoms with Crippen LogP contribution >= 0.6 is 0 Å². The van der Waals surface area contributed by atoms with Crippen LogP contribution in [0.25, 0.3) is 11.1 Å². The Morgan fingerprint density at radius 1 is 1.09 bits per heavy atom. The molecule has 1 aliphatic carbocycles. The summed E-state index contributed by atoms with van der Waals surface area (Å²) in [6, 6.07) is 17.6.